The van der Waals surface area contributed by atoms with Crippen LogP contribution in [0.1, 0.15) is 24.3 Å². The average Bonchev–Trinajstić information content (AvgIpc) is 3.09. The molecule has 0 fully saturated rings. The molecule has 1 unspecified atom stereocenters. The van der Waals surface area contributed by atoms with Gasteiger partial charge < -0.3 is 19.4 Å². The first-order valence-corrected chi connectivity index (χ1v) is 8.01. The molecule has 1 atom stereocenters. The van der Waals surface area contributed by atoms with E-state index in [1.165, 1.54) is 12.1 Å². The highest BCUT2D eigenvalue weighted by molar-refractivity contribution is 7.80. The number of rotatable bonds is 6. The van der Waals surface area contributed by atoms with Gasteiger partial charge in [-0.1, -0.05) is 6.07 Å². The number of furan rings is 1. The van der Waals surface area contributed by atoms with Crippen molar-refractivity contribution in [1.29, 1.82) is 0 Å². The van der Waals surface area contributed by atoms with Crippen LogP contribution >= 0.6 is 12.2 Å². The molecule has 1 aromatic carbocycles. The van der Waals surface area contributed by atoms with Crippen molar-refractivity contribution in [1.82, 2.24) is 4.90 Å². The molecule has 25 heavy (non-hydrogen) atoms. The minimum absolute atomic E-state index is 0.198. The zero-order valence-corrected chi connectivity index (χ0v) is 14.7. The number of thiocarbonyl (C=S) groups is 1. The second kappa shape index (κ2) is 8.35. The molecule has 0 aliphatic carbocycles. The second-order valence-electron chi connectivity index (χ2n) is 5.39. The average molecular weight is 372 g/mol. The molecule has 0 radical (unpaired) electrons. The Balaban J connectivity index is 2.16. The zero-order valence-electron chi connectivity index (χ0n) is 13.8. The summed E-state index contributed by atoms with van der Waals surface area (Å²) in [6.07, 6.45) is -2.85. The van der Waals surface area contributed by atoms with Crippen LogP contribution in [0.3, 0.4) is 0 Å². The third-order valence-corrected chi connectivity index (χ3v) is 4.00. The van der Waals surface area contributed by atoms with Crippen LogP contribution in [0.5, 0.6) is 0 Å². The standard InChI is InChI=1S/C17H19F3N2O2S/c1-12(15-7-4-9-24-15)22(8-10-23-2)16(25)21-14-6-3-5-13(11-14)17(18,19)20/h3-7,9,11-12H,8,10H2,1-2H3,(H,21,25). The first kappa shape index (κ1) is 19.3. The normalized spacial score (nSPS) is 12.7. The van der Waals surface area contributed by atoms with Crippen molar-refractivity contribution in [3.05, 3.63) is 54.0 Å². The minimum atomic E-state index is -4.41. The monoisotopic (exact) mass is 372 g/mol. The Morgan fingerprint density at radius 1 is 1.32 bits per heavy atom. The van der Waals surface area contributed by atoms with Gasteiger partial charge in [-0.3, -0.25) is 0 Å². The molecule has 1 heterocycles. The summed E-state index contributed by atoms with van der Waals surface area (Å²) in [6.45, 7) is 2.77. The fourth-order valence-electron chi connectivity index (χ4n) is 2.31. The number of hydrogen-bond donors (Lipinski definition) is 1. The Labute approximate surface area is 149 Å². The quantitative estimate of drug-likeness (QED) is 0.744. The van der Waals surface area contributed by atoms with Gasteiger partial charge in [0.1, 0.15) is 5.76 Å². The number of ether oxygens (including phenoxy) is 1. The molecule has 0 aliphatic rings. The van der Waals surface area contributed by atoms with Gasteiger partial charge in [0.2, 0.25) is 0 Å². The summed E-state index contributed by atoms with van der Waals surface area (Å²) >= 11 is 5.39. The molecule has 0 saturated carbocycles. The van der Waals surface area contributed by atoms with E-state index in [1.54, 1.807) is 24.3 Å². The summed E-state index contributed by atoms with van der Waals surface area (Å²) in [5, 5.41) is 3.16. The van der Waals surface area contributed by atoms with E-state index in [9.17, 15) is 13.2 Å². The van der Waals surface area contributed by atoms with Crippen molar-refractivity contribution in [3.63, 3.8) is 0 Å². The van der Waals surface area contributed by atoms with E-state index in [0.717, 1.165) is 12.1 Å². The molecule has 1 aromatic heterocycles. The number of methoxy groups -OCH3 is 1. The summed E-state index contributed by atoms with van der Waals surface area (Å²) in [7, 11) is 1.57. The highest BCUT2D eigenvalue weighted by Gasteiger charge is 2.30. The Hall–Kier alpha value is -2.06. The lowest BCUT2D eigenvalue weighted by Crippen LogP contribution is -2.39. The van der Waals surface area contributed by atoms with Gasteiger partial charge in [0.15, 0.2) is 5.11 Å². The van der Waals surface area contributed by atoms with Gasteiger partial charge in [-0.05, 0) is 49.5 Å². The zero-order chi connectivity index (χ0) is 18.4. The predicted molar refractivity (Wildman–Crippen MR) is 93.4 cm³/mol. The summed E-state index contributed by atoms with van der Waals surface area (Å²) in [5.41, 5.74) is -0.461. The molecule has 0 spiro atoms. The third kappa shape index (κ3) is 5.20. The number of nitrogens with zero attached hydrogens (tertiary/aromatic N) is 1. The molecule has 0 bridgehead atoms. The van der Waals surface area contributed by atoms with Crippen LogP contribution in [0.25, 0.3) is 0 Å². The summed E-state index contributed by atoms with van der Waals surface area (Å²) in [6, 6.07) is 8.30. The van der Waals surface area contributed by atoms with Crippen LogP contribution in [-0.4, -0.2) is 30.3 Å². The topological polar surface area (TPSA) is 37.6 Å². The number of halogens is 3. The van der Waals surface area contributed by atoms with Crippen molar-refractivity contribution in [2.24, 2.45) is 0 Å². The largest absolute Gasteiger partial charge is 0.467 e. The van der Waals surface area contributed by atoms with E-state index in [1.807, 2.05) is 13.0 Å². The van der Waals surface area contributed by atoms with Crippen LogP contribution in [0, 0.1) is 0 Å². The molecule has 0 saturated heterocycles. The maximum atomic E-state index is 12.8. The summed E-state index contributed by atoms with van der Waals surface area (Å²) < 4.78 is 49.0. The minimum Gasteiger partial charge on any atom is -0.467 e. The first-order valence-electron chi connectivity index (χ1n) is 7.60. The van der Waals surface area contributed by atoms with Crippen molar-refractivity contribution in [2.45, 2.75) is 19.1 Å². The summed E-state index contributed by atoms with van der Waals surface area (Å²) in [4.78, 5) is 1.80. The van der Waals surface area contributed by atoms with Crippen LogP contribution in [0.4, 0.5) is 18.9 Å². The van der Waals surface area contributed by atoms with E-state index in [4.69, 9.17) is 21.4 Å². The molecule has 2 rings (SSSR count). The smallest absolute Gasteiger partial charge is 0.416 e. The van der Waals surface area contributed by atoms with Gasteiger partial charge in [0.05, 0.1) is 24.5 Å². The second-order valence-corrected chi connectivity index (χ2v) is 5.77. The molecule has 136 valence electrons. The Morgan fingerprint density at radius 2 is 2.08 bits per heavy atom. The van der Waals surface area contributed by atoms with Gasteiger partial charge in [-0.15, -0.1) is 0 Å². The molecular formula is C17H19F3N2O2S. The fraction of sp³-hybridized carbons (Fsp3) is 0.353. The van der Waals surface area contributed by atoms with Crippen molar-refractivity contribution < 1.29 is 22.3 Å². The van der Waals surface area contributed by atoms with Gasteiger partial charge in [0.25, 0.3) is 0 Å². The molecule has 1 N–H and O–H groups in total. The summed E-state index contributed by atoms with van der Waals surface area (Å²) in [5.74, 6) is 0.698. The van der Waals surface area contributed by atoms with Crippen molar-refractivity contribution in [3.8, 4) is 0 Å². The molecule has 2 aromatic rings. The van der Waals surface area contributed by atoms with E-state index in [0.29, 0.717) is 24.0 Å². The first-order chi connectivity index (χ1) is 11.8. The lowest BCUT2D eigenvalue weighted by molar-refractivity contribution is -0.137. The SMILES string of the molecule is COCCN(C(=S)Nc1cccc(C(F)(F)F)c1)C(C)c1ccco1. The van der Waals surface area contributed by atoms with Crippen molar-refractivity contribution >= 4 is 23.0 Å². The van der Waals surface area contributed by atoms with E-state index < -0.39 is 11.7 Å². The van der Waals surface area contributed by atoms with Gasteiger partial charge in [-0.2, -0.15) is 13.2 Å². The number of hydrogen-bond acceptors (Lipinski definition) is 3. The number of anilines is 1. The van der Waals surface area contributed by atoms with Crippen LogP contribution in [-0.2, 0) is 10.9 Å². The van der Waals surface area contributed by atoms with Crippen LogP contribution in [0.15, 0.2) is 47.1 Å². The number of nitrogens with one attached hydrogen (secondary N) is 1. The highest BCUT2D eigenvalue weighted by Crippen LogP contribution is 2.31. The molecule has 0 aliphatic heterocycles. The van der Waals surface area contributed by atoms with E-state index in [-0.39, 0.29) is 11.7 Å². The molecule has 4 nitrogen and oxygen atoms in total. The van der Waals surface area contributed by atoms with Gasteiger partial charge in [-0.25, -0.2) is 0 Å². The van der Waals surface area contributed by atoms with Crippen LogP contribution < -0.4 is 5.32 Å². The lowest BCUT2D eigenvalue weighted by Gasteiger charge is -2.30. The van der Waals surface area contributed by atoms with Crippen LogP contribution in [0.2, 0.25) is 0 Å². The molecule has 8 heteroatoms. The molecule has 0 amide bonds. The number of alkyl halides is 3. The maximum Gasteiger partial charge on any atom is 0.416 e. The lowest BCUT2D eigenvalue weighted by atomic mass is 10.2. The third-order valence-electron chi connectivity index (χ3n) is 3.66. The van der Waals surface area contributed by atoms with E-state index in [2.05, 4.69) is 5.32 Å². The Bertz CT molecular complexity index is 689. The molecular weight excluding hydrogens is 353 g/mol. The Morgan fingerprint density at radius 3 is 2.68 bits per heavy atom. The predicted octanol–water partition coefficient (Wildman–Crippen LogP) is 4.70. The number of benzene rings is 1. The fourth-order valence-corrected chi connectivity index (χ4v) is 2.68. The van der Waals surface area contributed by atoms with Gasteiger partial charge in [0, 0.05) is 19.3 Å². The van der Waals surface area contributed by atoms with Gasteiger partial charge >= 0.3 is 6.18 Å². The highest BCUT2D eigenvalue weighted by atomic mass is 32.1. The van der Waals surface area contributed by atoms with Crippen molar-refractivity contribution in [2.75, 3.05) is 25.6 Å². The van der Waals surface area contributed by atoms with E-state index >= 15 is 0 Å². The maximum absolute atomic E-state index is 12.8. The Kier molecular flexibility index (Phi) is 6.44.